The van der Waals surface area contributed by atoms with Crippen molar-refractivity contribution in [3.8, 4) is 5.82 Å². The standard InChI is InChI=1S/C12H12ClN3O2/c1-2-3-10-4-8(12(17)18)5-11(15-10)16-7-9(13)6-14-16/h4-7H,2-3H2,1H3,(H,17,18). The first-order chi connectivity index (χ1) is 8.60. The molecule has 0 aliphatic heterocycles. The van der Waals surface area contributed by atoms with E-state index in [-0.39, 0.29) is 5.56 Å². The topological polar surface area (TPSA) is 68.0 Å². The lowest BCUT2D eigenvalue weighted by Crippen LogP contribution is -2.06. The molecule has 18 heavy (non-hydrogen) atoms. The Bertz CT molecular complexity index is 580. The zero-order valence-corrected chi connectivity index (χ0v) is 10.6. The van der Waals surface area contributed by atoms with Gasteiger partial charge in [-0.3, -0.25) is 0 Å². The van der Waals surface area contributed by atoms with Gasteiger partial charge >= 0.3 is 5.97 Å². The second-order valence-electron chi connectivity index (χ2n) is 3.86. The molecule has 5 nitrogen and oxygen atoms in total. The summed E-state index contributed by atoms with van der Waals surface area (Å²) in [6, 6.07) is 3.06. The van der Waals surface area contributed by atoms with Crippen LogP contribution in [0.5, 0.6) is 0 Å². The Kier molecular flexibility index (Phi) is 3.62. The van der Waals surface area contributed by atoms with E-state index in [1.807, 2.05) is 6.92 Å². The van der Waals surface area contributed by atoms with Gasteiger partial charge in [-0.25, -0.2) is 14.5 Å². The summed E-state index contributed by atoms with van der Waals surface area (Å²) in [5, 5.41) is 13.6. The zero-order chi connectivity index (χ0) is 13.1. The van der Waals surface area contributed by atoms with Gasteiger partial charge in [0, 0.05) is 5.69 Å². The maximum absolute atomic E-state index is 11.1. The van der Waals surface area contributed by atoms with Crippen molar-refractivity contribution >= 4 is 17.6 Å². The van der Waals surface area contributed by atoms with Gasteiger partial charge in [-0.15, -0.1) is 0 Å². The molecule has 0 fully saturated rings. The van der Waals surface area contributed by atoms with Crippen LogP contribution in [0.2, 0.25) is 5.02 Å². The third-order valence-corrected chi connectivity index (χ3v) is 2.60. The lowest BCUT2D eigenvalue weighted by Gasteiger charge is -2.06. The van der Waals surface area contributed by atoms with Crippen LogP contribution >= 0.6 is 11.6 Å². The summed E-state index contributed by atoms with van der Waals surface area (Å²) < 4.78 is 1.47. The monoisotopic (exact) mass is 265 g/mol. The van der Waals surface area contributed by atoms with E-state index in [1.54, 1.807) is 12.3 Å². The normalized spacial score (nSPS) is 10.6. The number of aryl methyl sites for hydroxylation is 1. The average Bonchev–Trinajstić information content (AvgIpc) is 2.76. The van der Waals surface area contributed by atoms with Crippen LogP contribution in [-0.4, -0.2) is 25.8 Å². The SMILES string of the molecule is CCCc1cc(C(=O)O)cc(-n2cc(Cl)cn2)n1. The molecule has 0 spiro atoms. The number of hydrogen-bond donors (Lipinski definition) is 1. The number of carboxylic acids is 1. The Labute approximate surface area is 109 Å². The van der Waals surface area contributed by atoms with Gasteiger partial charge in [0.05, 0.1) is 23.0 Å². The van der Waals surface area contributed by atoms with Crippen LogP contribution in [-0.2, 0) is 6.42 Å². The molecule has 0 saturated carbocycles. The summed E-state index contributed by atoms with van der Waals surface area (Å²) in [6.07, 6.45) is 4.69. The summed E-state index contributed by atoms with van der Waals surface area (Å²) in [6.45, 7) is 2.01. The van der Waals surface area contributed by atoms with E-state index >= 15 is 0 Å². The molecule has 6 heteroatoms. The first-order valence-corrected chi connectivity index (χ1v) is 5.92. The molecule has 0 amide bonds. The van der Waals surface area contributed by atoms with Crippen LogP contribution in [0.1, 0.15) is 29.4 Å². The third kappa shape index (κ3) is 2.68. The summed E-state index contributed by atoms with van der Waals surface area (Å²) in [5.74, 6) is -0.514. The maximum atomic E-state index is 11.1. The predicted octanol–water partition coefficient (Wildman–Crippen LogP) is 2.57. The Morgan fingerprint density at radius 3 is 2.83 bits per heavy atom. The molecule has 2 heterocycles. The molecule has 0 saturated heterocycles. The van der Waals surface area contributed by atoms with Gasteiger partial charge in [-0.1, -0.05) is 24.9 Å². The number of nitrogens with zero attached hydrogens (tertiary/aromatic N) is 3. The molecule has 0 atom stereocenters. The minimum atomic E-state index is -0.978. The highest BCUT2D eigenvalue weighted by molar-refractivity contribution is 6.30. The molecule has 0 unspecified atom stereocenters. The first-order valence-electron chi connectivity index (χ1n) is 5.55. The fourth-order valence-electron chi connectivity index (χ4n) is 1.62. The van der Waals surface area contributed by atoms with Gasteiger partial charge in [-0.05, 0) is 18.6 Å². The maximum Gasteiger partial charge on any atom is 0.335 e. The van der Waals surface area contributed by atoms with Gasteiger partial charge in [-0.2, -0.15) is 5.10 Å². The van der Waals surface area contributed by atoms with Crippen molar-refractivity contribution in [3.63, 3.8) is 0 Å². The number of halogens is 1. The van der Waals surface area contributed by atoms with Gasteiger partial charge in [0.15, 0.2) is 5.82 Å². The summed E-state index contributed by atoms with van der Waals surface area (Å²) >= 11 is 5.79. The first kappa shape index (κ1) is 12.6. The number of rotatable bonds is 4. The molecule has 2 aromatic rings. The second-order valence-corrected chi connectivity index (χ2v) is 4.30. The molecule has 0 bridgehead atoms. The van der Waals surface area contributed by atoms with E-state index in [9.17, 15) is 4.79 Å². The molecule has 1 N–H and O–H groups in total. The molecule has 0 radical (unpaired) electrons. The van der Waals surface area contributed by atoms with E-state index in [2.05, 4.69) is 10.1 Å². The molecular weight excluding hydrogens is 254 g/mol. The van der Waals surface area contributed by atoms with Crippen molar-refractivity contribution in [1.82, 2.24) is 14.8 Å². The Morgan fingerprint density at radius 1 is 1.50 bits per heavy atom. The van der Waals surface area contributed by atoms with Crippen LogP contribution in [0.4, 0.5) is 0 Å². The Balaban J connectivity index is 2.49. The van der Waals surface area contributed by atoms with E-state index in [1.165, 1.54) is 16.9 Å². The average molecular weight is 266 g/mol. The molecular formula is C12H12ClN3O2. The molecule has 0 aromatic carbocycles. The number of pyridine rings is 1. The van der Waals surface area contributed by atoms with Crippen LogP contribution in [0, 0.1) is 0 Å². The minimum absolute atomic E-state index is 0.204. The second kappa shape index (κ2) is 5.18. The van der Waals surface area contributed by atoms with Crippen molar-refractivity contribution in [2.45, 2.75) is 19.8 Å². The van der Waals surface area contributed by atoms with Crippen LogP contribution in [0.3, 0.4) is 0 Å². The number of aromatic nitrogens is 3. The van der Waals surface area contributed by atoms with Crippen molar-refractivity contribution in [3.05, 3.63) is 40.8 Å². The smallest absolute Gasteiger partial charge is 0.335 e. The lowest BCUT2D eigenvalue weighted by molar-refractivity contribution is 0.0696. The largest absolute Gasteiger partial charge is 0.478 e. The van der Waals surface area contributed by atoms with Crippen molar-refractivity contribution < 1.29 is 9.90 Å². The van der Waals surface area contributed by atoms with E-state index in [4.69, 9.17) is 16.7 Å². The van der Waals surface area contributed by atoms with E-state index in [0.29, 0.717) is 10.8 Å². The highest BCUT2D eigenvalue weighted by Gasteiger charge is 2.10. The Morgan fingerprint density at radius 2 is 2.28 bits per heavy atom. The van der Waals surface area contributed by atoms with Crippen molar-refractivity contribution in [2.24, 2.45) is 0 Å². The lowest BCUT2D eigenvalue weighted by atomic mass is 10.1. The van der Waals surface area contributed by atoms with Gasteiger partial charge in [0.25, 0.3) is 0 Å². The van der Waals surface area contributed by atoms with Gasteiger partial charge < -0.3 is 5.11 Å². The van der Waals surface area contributed by atoms with Crippen LogP contribution in [0.25, 0.3) is 5.82 Å². The number of aromatic carboxylic acids is 1. The highest BCUT2D eigenvalue weighted by atomic mass is 35.5. The molecule has 94 valence electrons. The van der Waals surface area contributed by atoms with Crippen molar-refractivity contribution in [2.75, 3.05) is 0 Å². The highest BCUT2D eigenvalue weighted by Crippen LogP contribution is 2.14. The van der Waals surface area contributed by atoms with Gasteiger partial charge in [0.2, 0.25) is 0 Å². The quantitative estimate of drug-likeness (QED) is 0.922. The minimum Gasteiger partial charge on any atom is -0.478 e. The number of carbonyl (C=O) groups is 1. The fraction of sp³-hybridized carbons (Fsp3) is 0.250. The predicted molar refractivity (Wildman–Crippen MR) is 67.3 cm³/mol. The zero-order valence-electron chi connectivity index (χ0n) is 9.80. The summed E-state index contributed by atoms with van der Waals surface area (Å²) in [4.78, 5) is 15.4. The molecule has 2 aromatic heterocycles. The Hall–Kier alpha value is -1.88. The van der Waals surface area contributed by atoms with Crippen LogP contribution in [0.15, 0.2) is 24.5 Å². The molecule has 0 aliphatic carbocycles. The third-order valence-electron chi connectivity index (χ3n) is 2.40. The molecule has 0 aliphatic rings. The van der Waals surface area contributed by atoms with E-state index < -0.39 is 5.97 Å². The summed E-state index contributed by atoms with van der Waals surface area (Å²) in [5.41, 5.74) is 0.939. The fourth-order valence-corrected chi connectivity index (χ4v) is 1.76. The molecule has 2 rings (SSSR count). The van der Waals surface area contributed by atoms with Crippen LogP contribution < -0.4 is 0 Å². The van der Waals surface area contributed by atoms with Gasteiger partial charge in [0.1, 0.15) is 0 Å². The number of carboxylic acid groups (broad SMARTS) is 1. The summed E-state index contributed by atoms with van der Waals surface area (Å²) in [7, 11) is 0. The van der Waals surface area contributed by atoms with E-state index in [0.717, 1.165) is 18.5 Å². The van der Waals surface area contributed by atoms with Crippen molar-refractivity contribution in [1.29, 1.82) is 0 Å². The number of hydrogen-bond acceptors (Lipinski definition) is 3.